The molecule has 0 atom stereocenters. The van der Waals surface area contributed by atoms with Crippen molar-refractivity contribution in [2.75, 3.05) is 63.4 Å². The molecule has 42 heavy (non-hydrogen) atoms. The maximum Gasteiger partial charge on any atom is -0.0140 e. The Morgan fingerprint density at radius 2 is 0.405 bits per heavy atom. The third kappa shape index (κ3) is 23.5. The summed E-state index contributed by atoms with van der Waals surface area (Å²) in [5, 5.41) is 0. The Morgan fingerprint density at radius 3 is 0.548 bits per heavy atom. The molecule has 3 nitrogen and oxygen atoms in total. The van der Waals surface area contributed by atoms with Gasteiger partial charge in [0.25, 0.3) is 0 Å². The Labute approximate surface area is 261 Å². The van der Waals surface area contributed by atoms with Crippen molar-refractivity contribution in [3.63, 3.8) is 0 Å². The van der Waals surface area contributed by atoms with E-state index in [1.165, 1.54) is 33.4 Å². The molecule has 0 aliphatic rings. The predicted octanol–water partition coefficient (Wildman–Crippen LogP) is 10.3. The summed E-state index contributed by atoms with van der Waals surface area (Å²) in [7, 11) is 18.0. The molecule has 0 N–H and O–H groups in total. The zero-order valence-corrected chi connectivity index (χ0v) is 29.7. The van der Waals surface area contributed by atoms with Crippen LogP contribution in [0.1, 0.15) is 41.5 Å². The zero-order chi connectivity index (χ0) is 32.9. The SMILES string of the molecule is CC.CC.CC.CN(C)C.CN(C)C.CN(C)C.c1ccc(-c2cc(-c3ccccc3)cc(-c3ccccc3)c2)cc1. The minimum absolute atomic E-state index is 1.24. The molecule has 3 heteroatoms. The highest BCUT2D eigenvalue weighted by Gasteiger charge is 2.06. The van der Waals surface area contributed by atoms with Gasteiger partial charge in [0.2, 0.25) is 0 Å². The van der Waals surface area contributed by atoms with Crippen LogP contribution in [0, 0.1) is 0 Å². The van der Waals surface area contributed by atoms with Gasteiger partial charge in [-0.1, -0.05) is 133 Å². The van der Waals surface area contributed by atoms with Gasteiger partial charge in [0.1, 0.15) is 0 Å². The van der Waals surface area contributed by atoms with Gasteiger partial charge >= 0.3 is 0 Å². The van der Waals surface area contributed by atoms with Crippen LogP contribution in [0.4, 0.5) is 0 Å². The van der Waals surface area contributed by atoms with Crippen molar-refractivity contribution in [1.82, 2.24) is 14.7 Å². The highest BCUT2D eigenvalue weighted by Crippen LogP contribution is 2.32. The van der Waals surface area contributed by atoms with Crippen molar-refractivity contribution in [3.8, 4) is 33.4 Å². The monoisotopic (exact) mass is 574 g/mol. The van der Waals surface area contributed by atoms with Crippen LogP contribution in [0.25, 0.3) is 33.4 Å². The molecular formula is C39H63N3. The molecule has 4 aromatic rings. The van der Waals surface area contributed by atoms with E-state index in [1.54, 1.807) is 0 Å². The Morgan fingerprint density at radius 1 is 0.262 bits per heavy atom. The minimum atomic E-state index is 1.24. The summed E-state index contributed by atoms with van der Waals surface area (Å²) in [4.78, 5) is 6.00. The molecule has 0 fully saturated rings. The second-order valence-electron chi connectivity index (χ2n) is 9.92. The summed E-state index contributed by atoms with van der Waals surface area (Å²) in [5.41, 5.74) is 7.47. The normalized spacial score (nSPS) is 9.00. The summed E-state index contributed by atoms with van der Waals surface area (Å²) in [6, 6.07) is 38.5. The molecule has 0 unspecified atom stereocenters. The van der Waals surface area contributed by atoms with Crippen molar-refractivity contribution in [3.05, 3.63) is 109 Å². The van der Waals surface area contributed by atoms with E-state index in [0.717, 1.165) is 0 Å². The molecule has 4 aromatic carbocycles. The van der Waals surface area contributed by atoms with E-state index in [9.17, 15) is 0 Å². The molecule has 0 saturated heterocycles. The summed E-state index contributed by atoms with van der Waals surface area (Å²) < 4.78 is 0. The van der Waals surface area contributed by atoms with E-state index < -0.39 is 0 Å². The standard InChI is InChI=1S/C24H18.3C3H9N.3C2H6/c1-4-10-19(11-5-1)22-16-23(20-12-6-2-7-13-20)18-24(17-22)21-14-8-3-9-15-21;3*1-4(2)3;3*1-2/h1-18H;3*1-3H3;3*1-2H3. The zero-order valence-electron chi connectivity index (χ0n) is 29.7. The minimum Gasteiger partial charge on any atom is -0.312 e. The van der Waals surface area contributed by atoms with Crippen LogP contribution in [0.5, 0.6) is 0 Å². The predicted molar refractivity (Wildman–Crippen MR) is 196 cm³/mol. The summed E-state index contributed by atoms with van der Waals surface area (Å²) in [6.45, 7) is 12.0. The maximum atomic E-state index is 2.27. The number of hydrogen-bond acceptors (Lipinski definition) is 3. The first-order chi connectivity index (χ1) is 20.1. The van der Waals surface area contributed by atoms with Gasteiger partial charge in [0, 0.05) is 0 Å². The van der Waals surface area contributed by atoms with Gasteiger partial charge in [0.15, 0.2) is 0 Å². The molecule has 0 aliphatic carbocycles. The number of benzene rings is 4. The number of hydrogen-bond donors (Lipinski definition) is 0. The molecule has 0 spiro atoms. The lowest BCUT2D eigenvalue weighted by molar-refractivity contribution is 0.505. The maximum absolute atomic E-state index is 2.27. The Bertz CT molecular complexity index is 912. The molecule has 0 radical (unpaired) electrons. The van der Waals surface area contributed by atoms with Gasteiger partial charge < -0.3 is 14.7 Å². The Hall–Kier alpha value is -3.24. The van der Waals surface area contributed by atoms with Gasteiger partial charge in [-0.25, -0.2) is 0 Å². The lowest BCUT2D eigenvalue weighted by Gasteiger charge is -2.11. The molecular weight excluding hydrogens is 510 g/mol. The van der Waals surface area contributed by atoms with Crippen LogP contribution in [0.15, 0.2) is 109 Å². The van der Waals surface area contributed by atoms with E-state index in [1.807, 2.05) is 120 Å². The van der Waals surface area contributed by atoms with Crippen LogP contribution < -0.4 is 0 Å². The molecule has 0 heterocycles. The second-order valence-corrected chi connectivity index (χ2v) is 9.92. The molecule has 0 saturated carbocycles. The topological polar surface area (TPSA) is 9.72 Å². The van der Waals surface area contributed by atoms with Crippen molar-refractivity contribution >= 4 is 0 Å². The smallest absolute Gasteiger partial charge is 0.0140 e. The number of nitrogens with zero attached hydrogens (tertiary/aromatic N) is 3. The van der Waals surface area contributed by atoms with Crippen molar-refractivity contribution < 1.29 is 0 Å². The van der Waals surface area contributed by atoms with Crippen LogP contribution in [0.3, 0.4) is 0 Å². The number of rotatable bonds is 3. The van der Waals surface area contributed by atoms with Crippen molar-refractivity contribution in [1.29, 1.82) is 0 Å². The third-order valence-electron chi connectivity index (χ3n) is 4.25. The lowest BCUT2D eigenvalue weighted by atomic mass is 9.93. The second kappa shape index (κ2) is 29.3. The first-order valence-corrected chi connectivity index (χ1v) is 15.2. The fourth-order valence-corrected chi connectivity index (χ4v) is 3.02. The molecule has 0 amide bonds. The average molecular weight is 574 g/mol. The summed E-state index contributed by atoms with van der Waals surface area (Å²) in [5.74, 6) is 0. The average Bonchev–Trinajstić information content (AvgIpc) is 3.00. The molecule has 0 aromatic heterocycles. The molecule has 4 rings (SSSR count). The first-order valence-electron chi connectivity index (χ1n) is 15.2. The highest BCUT2D eigenvalue weighted by molar-refractivity contribution is 5.81. The fraction of sp³-hybridized carbons (Fsp3) is 0.385. The van der Waals surface area contributed by atoms with E-state index in [4.69, 9.17) is 0 Å². The van der Waals surface area contributed by atoms with Gasteiger partial charge in [0.05, 0.1) is 0 Å². The Balaban J connectivity index is -0.000000707. The molecule has 0 bridgehead atoms. The van der Waals surface area contributed by atoms with E-state index >= 15 is 0 Å². The van der Waals surface area contributed by atoms with E-state index in [2.05, 4.69) is 109 Å². The third-order valence-corrected chi connectivity index (χ3v) is 4.25. The van der Waals surface area contributed by atoms with Crippen LogP contribution in [-0.2, 0) is 0 Å². The summed E-state index contributed by atoms with van der Waals surface area (Å²) in [6.07, 6.45) is 0. The lowest BCUT2D eigenvalue weighted by Crippen LogP contribution is -1.99. The Kier molecular flexibility index (Phi) is 30.1. The first kappa shape index (κ1) is 43.2. The van der Waals surface area contributed by atoms with E-state index in [0.29, 0.717) is 0 Å². The summed E-state index contributed by atoms with van der Waals surface area (Å²) >= 11 is 0. The quantitative estimate of drug-likeness (QED) is 0.241. The largest absolute Gasteiger partial charge is 0.312 e. The fourth-order valence-electron chi connectivity index (χ4n) is 3.02. The van der Waals surface area contributed by atoms with Gasteiger partial charge in [-0.15, -0.1) is 0 Å². The van der Waals surface area contributed by atoms with Crippen molar-refractivity contribution in [2.24, 2.45) is 0 Å². The van der Waals surface area contributed by atoms with Crippen LogP contribution in [-0.4, -0.2) is 78.1 Å². The van der Waals surface area contributed by atoms with Gasteiger partial charge in [-0.3, -0.25) is 0 Å². The van der Waals surface area contributed by atoms with Crippen LogP contribution >= 0.6 is 0 Å². The molecule has 234 valence electrons. The van der Waals surface area contributed by atoms with Gasteiger partial charge in [-0.2, -0.15) is 0 Å². The van der Waals surface area contributed by atoms with Crippen molar-refractivity contribution in [2.45, 2.75) is 41.5 Å². The van der Waals surface area contributed by atoms with E-state index in [-0.39, 0.29) is 0 Å². The van der Waals surface area contributed by atoms with Crippen LogP contribution in [0.2, 0.25) is 0 Å². The van der Waals surface area contributed by atoms with Gasteiger partial charge in [-0.05, 0) is 115 Å². The molecule has 0 aliphatic heterocycles. The highest BCUT2D eigenvalue weighted by atomic mass is 15.0.